The maximum absolute atomic E-state index is 12.0. The number of hydrogen-bond donors (Lipinski definition) is 1. The first-order valence-electron chi connectivity index (χ1n) is 7.08. The molecule has 0 atom stereocenters. The molecule has 0 aliphatic rings. The van der Waals surface area contributed by atoms with Crippen LogP contribution in [0.15, 0.2) is 40.9 Å². The number of carbonyl (C=O) groups is 1. The third kappa shape index (κ3) is 4.43. The Kier molecular flexibility index (Phi) is 5.18. The summed E-state index contributed by atoms with van der Waals surface area (Å²) < 4.78 is 1.10. The van der Waals surface area contributed by atoms with Crippen molar-refractivity contribution in [3.05, 3.63) is 63.1 Å². The van der Waals surface area contributed by atoms with Gasteiger partial charge in [-0.15, -0.1) is 0 Å². The molecule has 2 rings (SSSR count). The van der Waals surface area contributed by atoms with Crippen molar-refractivity contribution in [3.63, 3.8) is 0 Å². The Balaban J connectivity index is 1.94. The van der Waals surface area contributed by atoms with Crippen LogP contribution in [0.2, 0.25) is 0 Å². The lowest BCUT2D eigenvalue weighted by Crippen LogP contribution is -2.12. The number of benzene rings is 2. The largest absolute Gasteiger partial charge is 0.326 e. The number of carbonyl (C=O) groups excluding carboxylic acids is 1. The van der Waals surface area contributed by atoms with E-state index in [1.165, 1.54) is 11.1 Å². The molecule has 0 fully saturated rings. The van der Waals surface area contributed by atoms with Crippen LogP contribution < -0.4 is 5.32 Å². The molecular weight excluding hydrogens is 326 g/mol. The first-order chi connectivity index (χ1) is 9.95. The molecule has 0 saturated heterocycles. The van der Waals surface area contributed by atoms with Crippen molar-refractivity contribution in [2.75, 3.05) is 5.32 Å². The zero-order chi connectivity index (χ0) is 15.4. The van der Waals surface area contributed by atoms with Crippen molar-refractivity contribution in [3.8, 4) is 0 Å². The maximum atomic E-state index is 12.0. The van der Waals surface area contributed by atoms with Crippen molar-refractivity contribution < 1.29 is 4.79 Å². The molecule has 0 spiro atoms. The minimum Gasteiger partial charge on any atom is -0.326 e. The van der Waals surface area contributed by atoms with Crippen molar-refractivity contribution >= 4 is 27.5 Å². The molecule has 2 aromatic carbocycles. The molecule has 1 N–H and O–H groups in total. The first kappa shape index (κ1) is 15.8. The summed E-state index contributed by atoms with van der Waals surface area (Å²) in [6.45, 7) is 6.12. The molecule has 0 heterocycles. The Bertz CT molecular complexity index is 624. The molecule has 0 radical (unpaired) electrons. The van der Waals surface area contributed by atoms with E-state index >= 15 is 0 Å². The Labute approximate surface area is 134 Å². The fourth-order valence-corrected chi connectivity index (χ4v) is 2.48. The third-order valence-electron chi connectivity index (χ3n) is 3.48. The molecule has 0 aromatic heterocycles. The predicted molar refractivity (Wildman–Crippen MR) is 91.7 cm³/mol. The average Bonchev–Trinajstić information content (AvgIpc) is 2.44. The predicted octanol–water partition coefficient (Wildman–Crippen LogP) is 4.95. The second-order valence-electron chi connectivity index (χ2n) is 5.46. The van der Waals surface area contributed by atoms with E-state index in [-0.39, 0.29) is 5.91 Å². The molecule has 0 aliphatic heterocycles. The quantitative estimate of drug-likeness (QED) is 0.834. The molecule has 0 bridgehead atoms. The molecule has 0 saturated carbocycles. The number of amides is 1. The average molecular weight is 346 g/mol. The second-order valence-corrected chi connectivity index (χ2v) is 6.25. The van der Waals surface area contributed by atoms with Crippen LogP contribution in [0.1, 0.15) is 28.7 Å². The van der Waals surface area contributed by atoms with E-state index in [1.807, 2.05) is 26.0 Å². The number of halogens is 1. The van der Waals surface area contributed by atoms with Crippen LogP contribution in [0.3, 0.4) is 0 Å². The summed E-state index contributed by atoms with van der Waals surface area (Å²) in [5, 5.41) is 2.97. The summed E-state index contributed by atoms with van der Waals surface area (Å²) in [6, 6.07) is 12.3. The minimum absolute atomic E-state index is 0.0525. The molecule has 0 aliphatic carbocycles. The standard InChI is InChI=1S/C18H20BrNO/c1-12-4-6-15(7-5-12)8-9-17(21)20-16-10-13(2)18(19)14(3)11-16/h4-7,10-11H,8-9H2,1-3H3,(H,20,21). The fraction of sp³-hybridized carbons (Fsp3) is 0.278. The molecule has 3 heteroatoms. The highest BCUT2D eigenvalue weighted by Gasteiger charge is 2.06. The van der Waals surface area contributed by atoms with Crippen LogP contribution in [-0.4, -0.2) is 5.91 Å². The Hall–Kier alpha value is -1.61. The Morgan fingerprint density at radius 3 is 2.19 bits per heavy atom. The molecule has 1 amide bonds. The SMILES string of the molecule is Cc1ccc(CCC(=O)Nc2cc(C)c(Br)c(C)c2)cc1. The van der Waals surface area contributed by atoms with Gasteiger partial charge in [0.1, 0.15) is 0 Å². The lowest BCUT2D eigenvalue weighted by molar-refractivity contribution is -0.116. The Morgan fingerprint density at radius 2 is 1.62 bits per heavy atom. The normalized spacial score (nSPS) is 10.5. The van der Waals surface area contributed by atoms with Crippen LogP contribution in [0.25, 0.3) is 0 Å². The smallest absolute Gasteiger partial charge is 0.224 e. The fourth-order valence-electron chi connectivity index (χ4n) is 2.25. The summed E-state index contributed by atoms with van der Waals surface area (Å²) in [7, 11) is 0. The number of rotatable bonds is 4. The van der Waals surface area contributed by atoms with Crippen LogP contribution in [-0.2, 0) is 11.2 Å². The van der Waals surface area contributed by atoms with Crippen molar-refractivity contribution in [2.45, 2.75) is 33.6 Å². The van der Waals surface area contributed by atoms with Crippen LogP contribution >= 0.6 is 15.9 Å². The van der Waals surface area contributed by atoms with Crippen molar-refractivity contribution in [1.29, 1.82) is 0 Å². The summed E-state index contributed by atoms with van der Waals surface area (Å²) in [5.41, 5.74) is 5.55. The van der Waals surface area contributed by atoms with Gasteiger partial charge in [-0.05, 0) is 56.0 Å². The third-order valence-corrected chi connectivity index (χ3v) is 4.73. The molecule has 0 unspecified atom stereocenters. The summed E-state index contributed by atoms with van der Waals surface area (Å²) in [4.78, 5) is 12.0. The van der Waals surface area contributed by atoms with E-state index < -0.39 is 0 Å². The molecule has 21 heavy (non-hydrogen) atoms. The molecular formula is C18H20BrNO. The second kappa shape index (κ2) is 6.90. The molecule has 110 valence electrons. The number of aryl methyl sites for hydroxylation is 4. The van der Waals surface area contributed by atoms with Gasteiger partial charge in [0.2, 0.25) is 5.91 Å². The van der Waals surface area contributed by atoms with Gasteiger partial charge in [0, 0.05) is 16.6 Å². The van der Waals surface area contributed by atoms with E-state index in [1.54, 1.807) is 0 Å². The van der Waals surface area contributed by atoms with Gasteiger partial charge in [-0.1, -0.05) is 45.8 Å². The van der Waals surface area contributed by atoms with Crippen LogP contribution in [0, 0.1) is 20.8 Å². The number of hydrogen-bond acceptors (Lipinski definition) is 1. The summed E-state index contributed by atoms with van der Waals surface area (Å²) in [5.74, 6) is 0.0525. The zero-order valence-electron chi connectivity index (χ0n) is 12.7. The van der Waals surface area contributed by atoms with Gasteiger partial charge in [-0.25, -0.2) is 0 Å². The van der Waals surface area contributed by atoms with E-state index in [4.69, 9.17) is 0 Å². The van der Waals surface area contributed by atoms with Crippen molar-refractivity contribution in [1.82, 2.24) is 0 Å². The lowest BCUT2D eigenvalue weighted by Gasteiger charge is -2.10. The van der Waals surface area contributed by atoms with Gasteiger partial charge in [-0.2, -0.15) is 0 Å². The van der Waals surface area contributed by atoms with E-state index in [9.17, 15) is 4.79 Å². The van der Waals surface area contributed by atoms with Gasteiger partial charge in [-0.3, -0.25) is 4.79 Å². The molecule has 2 aromatic rings. The number of anilines is 1. The summed E-state index contributed by atoms with van der Waals surface area (Å²) in [6.07, 6.45) is 1.26. The highest BCUT2D eigenvalue weighted by Crippen LogP contribution is 2.25. The van der Waals surface area contributed by atoms with E-state index in [0.29, 0.717) is 6.42 Å². The highest BCUT2D eigenvalue weighted by molar-refractivity contribution is 9.10. The monoisotopic (exact) mass is 345 g/mol. The zero-order valence-corrected chi connectivity index (χ0v) is 14.3. The summed E-state index contributed by atoms with van der Waals surface area (Å²) >= 11 is 3.53. The lowest BCUT2D eigenvalue weighted by atomic mass is 10.1. The van der Waals surface area contributed by atoms with Crippen LogP contribution in [0.4, 0.5) is 5.69 Å². The van der Waals surface area contributed by atoms with Gasteiger partial charge >= 0.3 is 0 Å². The minimum atomic E-state index is 0.0525. The van der Waals surface area contributed by atoms with Crippen LogP contribution in [0.5, 0.6) is 0 Å². The van der Waals surface area contributed by atoms with E-state index in [2.05, 4.69) is 52.4 Å². The first-order valence-corrected chi connectivity index (χ1v) is 7.87. The topological polar surface area (TPSA) is 29.1 Å². The molecule has 2 nitrogen and oxygen atoms in total. The van der Waals surface area contributed by atoms with Gasteiger partial charge in [0.25, 0.3) is 0 Å². The van der Waals surface area contributed by atoms with Gasteiger partial charge < -0.3 is 5.32 Å². The number of nitrogens with one attached hydrogen (secondary N) is 1. The van der Waals surface area contributed by atoms with Crippen molar-refractivity contribution in [2.24, 2.45) is 0 Å². The Morgan fingerprint density at radius 1 is 1.05 bits per heavy atom. The van der Waals surface area contributed by atoms with Gasteiger partial charge in [0.15, 0.2) is 0 Å². The maximum Gasteiger partial charge on any atom is 0.224 e. The van der Waals surface area contributed by atoms with E-state index in [0.717, 1.165) is 27.7 Å². The highest BCUT2D eigenvalue weighted by atomic mass is 79.9. The van der Waals surface area contributed by atoms with Gasteiger partial charge in [0.05, 0.1) is 0 Å².